The van der Waals surface area contributed by atoms with Gasteiger partial charge in [-0.2, -0.15) is 5.10 Å². The third kappa shape index (κ3) is 4.18. The fourth-order valence-electron chi connectivity index (χ4n) is 2.50. The van der Waals surface area contributed by atoms with Gasteiger partial charge in [-0.3, -0.25) is 9.48 Å². The number of carbonyl (C=O) groups excluding carboxylic acids is 1. The van der Waals surface area contributed by atoms with Crippen molar-refractivity contribution in [1.82, 2.24) is 20.1 Å². The molecule has 0 spiro atoms. The number of hydrogen-bond acceptors (Lipinski definition) is 5. The van der Waals surface area contributed by atoms with Crippen LogP contribution in [0.1, 0.15) is 16.1 Å². The van der Waals surface area contributed by atoms with Crippen molar-refractivity contribution in [3.05, 3.63) is 66.1 Å². The summed E-state index contributed by atoms with van der Waals surface area (Å²) in [6.07, 6.45) is 3.39. The average molecular weight is 351 g/mol. The number of aryl methyl sites for hydroxylation is 1. The second-order valence-corrected chi connectivity index (χ2v) is 5.70. The molecule has 0 aliphatic heterocycles. The van der Waals surface area contributed by atoms with E-state index in [0.717, 1.165) is 17.1 Å². The highest BCUT2D eigenvalue weighted by atomic mass is 16.5. The Hall–Kier alpha value is -3.35. The molecule has 134 valence electrons. The lowest BCUT2D eigenvalue weighted by atomic mass is 10.2. The minimum absolute atomic E-state index is 0.182. The zero-order chi connectivity index (χ0) is 18.4. The predicted molar refractivity (Wildman–Crippen MR) is 99.8 cm³/mol. The molecule has 0 radical (unpaired) electrons. The third-order valence-corrected chi connectivity index (χ3v) is 3.94. The van der Waals surface area contributed by atoms with Crippen molar-refractivity contribution in [3.8, 4) is 5.75 Å². The maximum Gasteiger partial charge on any atom is 0.255 e. The Kier molecular flexibility index (Phi) is 5.48. The van der Waals surface area contributed by atoms with E-state index in [2.05, 4.69) is 20.7 Å². The van der Waals surface area contributed by atoms with Gasteiger partial charge in [0.05, 0.1) is 19.2 Å². The van der Waals surface area contributed by atoms with Gasteiger partial charge in [-0.25, -0.2) is 4.98 Å². The minimum Gasteiger partial charge on any atom is -0.497 e. The van der Waals surface area contributed by atoms with E-state index >= 15 is 0 Å². The number of pyridine rings is 1. The van der Waals surface area contributed by atoms with Gasteiger partial charge in [-0.1, -0.05) is 0 Å². The molecule has 2 N–H and O–H groups in total. The number of ether oxygens (including phenoxy) is 1. The standard InChI is InChI=1S/C19H21N5O2/c1-14-9-11-22-24(14)13-12-21-19(25)17-4-3-10-20-18(17)23-15-5-7-16(26-2)8-6-15/h3-11H,12-13H2,1-2H3,(H,20,23)(H,21,25). The van der Waals surface area contributed by atoms with Gasteiger partial charge in [-0.15, -0.1) is 0 Å². The lowest BCUT2D eigenvalue weighted by Crippen LogP contribution is -2.28. The first-order valence-electron chi connectivity index (χ1n) is 8.30. The maximum absolute atomic E-state index is 12.5. The van der Waals surface area contributed by atoms with Gasteiger partial charge in [0.2, 0.25) is 0 Å². The molecule has 1 amide bonds. The Morgan fingerprint density at radius 1 is 1.15 bits per heavy atom. The molecule has 0 aliphatic carbocycles. The van der Waals surface area contributed by atoms with E-state index in [1.165, 1.54) is 0 Å². The minimum atomic E-state index is -0.182. The van der Waals surface area contributed by atoms with Gasteiger partial charge >= 0.3 is 0 Å². The second kappa shape index (κ2) is 8.15. The van der Waals surface area contributed by atoms with E-state index in [1.807, 2.05) is 41.9 Å². The molecule has 26 heavy (non-hydrogen) atoms. The van der Waals surface area contributed by atoms with Crippen LogP contribution in [-0.4, -0.2) is 34.3 Å². The Bertz CT molecular complexity index is 874. The van der Waals surface area contributed by atoms with Crippen LogP contribution in [0.5, 0.6) is 5.75 Å². The number of carbonyl (C=O) groups is 1. The smallest absolute Gasteiger partial charge is 0.255 e. The summed E-state index contributed by atoms with van der Waals surface area (Å²) in [6.45, 7) is 3.08. The molecule has 0 bridgehead atoms. The first-order chi connectivity index (χ1) is 12.7. The van der Waals surface area contributed by atoms with E-state index < -0.39 is 0 Å². The van der Waals surface area contributed by atoms with Gasteiger partial charge in [0.25, 0.3) is 5.91 Å². The van der Waals surface area contributed by atoms with E-state index in [9.17, 15) is 4.79 Å². The van der Waals surface area contributed by atoms with Crippen molar-refractivity contribution in [2.75, 3.05) is 19.0 Å². The number of nitrogens with zero attached hydrogens (tertiary/aromatic N) is 3. The van der Waals surface area contributed by atoms with Crippen molar-refractivity contribution < 1.29 is 9.53 Å². The number of amides is 1. The molecular formula is C19H21N5O2. The summed E-state index contributed by atoms with van der Waals surface area (Å²) >= 11 is 0. The molecule has 0 saturated carbocycles. The summed E-state index contributed by atoms with van der Waals surface area (Å²) in [5.74, 6) is 1.09. The number of benzene rings is 1. The summed E-state index contributed by atoms with van der Waals surface area (Å²) in [5.41, 5.74) is 2.37. The topological polar surface area (TPSA) is 81.1 Å². The fourth-order valence-corrected chi connectivity index (χ4v) is 2.50. The molecule has 3 rings (SSSR count). The summed E-state index contributed by atoms with van der Waals surface area (Å²) in [5, 5.41) is 10.3. The molecule has 0 atom stereocenters. The Morgan fingerprint density at radius 3 is 2.65 bits per heavy atom. The zero-order valence-corrected chi connectivity index (χ0v) is 14.8. The average Bonchev–Trinajstić information content (AvgIpc) is 3.07. The largest absolute Gasteiger partial charge is 0.497 e. The number of anilines is 2. The molecule has 7 heteroatoms. The Balaban J connectivity index is 1.65. The number of aromatic nitrogens is 3. The highest BCUT2D eigenvalue weighted by molar-refractivity contribution is 5.99. The quantitative estimate of drug-likeness (QED) is 0.684. The first kappa shape index (κ1) is 17.5. The van der Waals surface area contributed by atoms with Crippen LogP contribution >= 0.6 is 0 Å². The van der Waals surface area contributed by atoms with Gasteiger partial charge in [0, 0.05) is 30.3 Å². The predicted octanol–water partition coefficient (Wildman–Crippen LogP) is 2.77. The number of nitrogens with one attached hydrogen (secondary N) is 2. The highest BCUT2D eigenvalue weighted by Crippen LogP contribution is 2.21. The van der Waals surface area contributed by atoms with Gasteiger partial charge in [0.1, 0.15) is 11.6 Å². The number of rotatable bonds is 7. The van der Waals surface area contributed by atoms with Crippen molar-refractivity contribution in [3.63, 3.8) is 0 Å². The Morgan fingerprint density at radius 2 is 1.96 bits per heavy atom. The van der Waals surface area contributed by atoms with Crippen molar-refractivity contribution in [2.45, 2.75) is 13.5 Å². The molecule has 0 aliphatic rings. The van der Waals surface area contributed by atoms with Crippen LogP contribution in [0, 0.1) is 6.92 Å². The zero-order valence-electron chi connectivity index (χ0n) is 14.8. The molecule has 2 aromatic heterocycles. The molecular weight excluding hydrogens is 330 g/mol. The summed E-state index contributed by atoms with van der Waals surface area (Å²) in [4.78, 5) is 16.8. The molecule has 0 unspecified atom stereocenters. The molecule has 0 saturated heterocycles. The monoisotopic (exact) mass is 351 g/mol. The fraction of sp³-hybridized carbons (Fsp3) is 0.211. The van der Waals surface area contributed by atoms with E-state index in [4.69, 9.17) is 4.74 Å². The molecule has 0 fully saturated rings. The van der Waals surface area contributed by atoms with Crippen molar-refractivity contribution in [1.29, 1.82) is 0 Å². The van der Waals surface area contributed by atoms with Gasteiger partial charge in [0.15, 0.2) is 0 Å². The number of methoxy groups -OCH3 is 1. The highest BCUT2D eigenvalue weighted by Gasteiger charge is 2.12. The normalized spacial score (nSPS) is 10.4. The van der Waals surface area contributed by atoms with E-state index in [1.54, 1.807) is 31.6 Å². The van der Waals surface area contributed by atoms with Gasteiger partial charge in [-0.05, 0) is 49.4 Å². The van der Waals surface area contributed by atoms with Gasteiger partial charge < -0.3 is 15.4 Å². The number of hydrogen-bond donors (Lipinski definition) is 2. The molecule has 3 aromatic rings. The maximum atomic E-state index is 12.5. The van der Waals surface area contributed by atoms with Crippen LogP contribution in [0.4, 0.5) is 11.5 Å². The first-order valence-corrected chi connectivity index (χ1v) is 8.30. The molecule has 7 nitrogen and oxygen atoms in total. The van der Waals surface area contributed by atoms with Crippen LogP contribution < -0.4 is 15.4 Å². The van der Waals surface area contributed by atoms with E-state index in [0.29, 0.717) is 24.5 Å². The second-order valence-electron chi connectivity index (χ2n) is 5.70. The summed E-state index contributed by atoms with van der Waals surface area (Å²) in [7, 11) is 1.62. The van der Waals surface area contributed by atoms with E-state index in [-0.39, 0.29) is 5.91 Å². The third-order valence-electron chi connectivity index (χ3n) is 3.94. The molecule has 1 aromatic carbocycles. The van der Waals surface area contributed by atoms with Crippen LogP contribution in [0.3, 0.4) is 0 Å². The van der Waals surface area contributed by atoms with Crippen LogP contribution in [0.25, 0.3) is 0 Å². The van der Waals surface area contributed by atoms with Crippen LogP contribution in [0.15, 0.2) is 54.9 Å². The van der Waals surface area contributed by atoms with Crippen molar-refractivity contribution >= 4 is 17.4 Å². The lowest BCUT2D eigenvalue weighted by molar-refractivity contribution is 0.0952. The lowest BCUT2D eigenvalue weighted by Gasteiger charge is -2.12. The van der Waals surface area contributed by atoms with Crippen LogP contribution in [-0.2, 0) is 6.54 Å². The molecule has 2 heterocycles. The summed E-state index contributed by atoms with van der Waals surface area (Å²) in [6, 6.07) is 12.8. The van der Waals surface area contributed by atoms with Crippen molar-refractivity contribution in [2.24, 2.45) is 0 Å². The summed E-state index contributed by atoms with van der Waals surface area (Å²) < 4.78 is 7.00. The Labute approximate surface area is 152 Å². The van der Waals surface area contributed by atoms with Crippen LogP contribution in [0.2, 0.25) is 0 Å². The SMILES string of the molecule is COc1ccc(Nc2ncccc2C(=O)NCCn2nccc2C)cc1.